The van der Waals surface area contributed by atoms with E-state index in [-0.39, 0.29) is 0 Å². The highest BCUT2D eigenvalue weighted by atomic mass is 35.5. The Bertz CT molecular complexity index is 249. The molecule has 0 saturated carbocycles. The zero-order valence-electron chi connectivity index (χ0n) is 6.48. The van der Waals surface area contributed by atoms with Crippen LogP contribution in [-0.2, 0) is 0 Å². The molecule has 4 heteroatoms. The van der Waals surface area contributed by atoms with Gasteiger partial charge in [0.1, 0.15) is 5.82 Å². The largest absolute Gasteiger partial charge is 0.387 e. The molecule has 1 aromatic heterocycles. The highest BCUT2D eigenvalue weighted by Crippen LogP contribution is 2.21. The molecule has 60 valence electrons. The third-order valence-corrected chi connectivity index (χ3v) is 1.68. The van der Waals surface area contributed by atoms with E-state index < -0.39 is 0 Å². The van der Waals surface area contributed by atoms with Crippen molar-refractivity contribution in [3.05, 3.63) is 17.3 Å². The first-order chi connectivity index (χ1) is 5.27. The highest BCUT2D eigenvalue weighted by molar-refractivity contribution is 6.33. The van der Waals surface area contributed by atoms with Crippen LogP contribution in [0.15, 0.2) is 12.3 Å². The van der Waals surface area contributed by atoms with E-state index >= 15 is 0 Å². The number of anilines is 2. The van der Waals surface area contributed by atoms with Crippen LogP contribution in [0.25, 0.3) is 0 Å². The topological polar surface area (TPSA) is 37.0 Å². The van der Waals surface area contributed by atoms with E-state index in [1.54, 1.807) is 6.20 Å². The van der Waals surface area contributed by atoms with Crippen LogP contribution in [0.4, 0.5) is 11.5 Å². The maximum Gasteiger partial charge on any atom is 0.127 e. The second-order valence-corrected chi connectivity index (χ2v) is 2.46. The van der Waals surface area contributed by atoms with Crippen LogP contribution < -0.4 is 10.6 Å². The summed E-state index contributed by atoms with van der Waals surface area (Å²) in [5, 5.41) is 6.51. The second-order valence-electron chi connectivity index (χ2n) is 2.05. The van der Waals surface area contributed by atoms with E-state index in [4.69, 9.17) is 11.6 Å². The fourth-order valence-corrected chi connectivity index (χ4v) is 0.965. The molecule has 0 aromatic carbocycles. The van der Waals surface area contributed by atoms with Crippen molar-refractivity contribution < 1.29 is 0 Å². The molecule has 1 rings (SSSR count). The fourth-order valence-electron chi connectivity index (χ4n) is 0.767. The summed E-state index contributed by atoms with van der Waals surface area (Å²) in [5.74, 6) is 0.804. The first kappa shape index (κ1) is 8.14. The molecule has 3 nitrogen and oxygen atoms in total. The molecule has 2 N–H and O–H groups in total. The van der Waals surface area contributed by atoms with Gasteiger partial charge in [-0.3, -0.25) is 0 Å². The molecule has 1 aromatic rings. The molecule has 0 saturated heterocycles. The minimum absolute atomic E-state index is 0.631. The normalized spacial score (nSPS) is 9.36. The molecule has 0 atom stereocenters. The summed E-state index contributed by atoms with van der Waals surface area (Å²) < 4.78 is 0. The summed E-state index contributed by atoms with van der Waals surface area (Å²) in [4.78, 5) is 4.02. The van der Waals surface area contributed by atoms with Crippen molar-refractivity contribution in [2.75, 3.05) is 24.7 Å². The van der Waals surface area contributed by atoms with Gasteiger partial charge in [-0.2, -0.15) is 0 Å². The fraction of sp³-hybridized carbons (Fsp3) is 0.286. The van der Waals surface area contributed by atoms with E-state index in [0.717, 1.165) is 11.5 Å². The molecule has 0 spiro atoms. The van der Waals surface area contributed by atoms with Gasteiger partial charge in [-0.25, -0.2) is 4.98 Å². The molecule has 1 heterocycles. The predicted molar refractivity (Wildman–Crippen MR) is 48.3 cm³/mol. The smallest absolute Gasteiger partial charge is 0.127 e. The molecule has 0 unspecified atom stereocenters. The minimum Gasteiger partial charge on any atom is -0.387 e. The lowest BCUT2D eigenvalue weighted by Gasteiger charge is -2.04. The summed E-state index contributed by atoms with van der Waals surface area (Å²) in [5.41, 5.74) is 0.881. The van der Waals surface area contributed by atoms with Gasteiger partial charge in [0.25, 0.3) is 0 Å². The third kappa shape index (κ3) is 1.74. The molecule has 0 radical (unpaired) electrons. The summed E-state index contributed by atoms with van der Waals surface area (Å²) in [6.07, 6.45) is 1.61. The minimum atomic E-state index is 0.631. The Morgan fingerprint density at radius 1 is 1.36 bits per heavy atom. The average molecular weight is 172 g/mol. The Hall–Kier alpha value is -0.960. The van der Waals surface area contributed by atoms with Gasteiger partial charge in [0.05, 0.1) is 10.7 Å². The molecule has 11 heavy (non-hydrogen) atoms. The van der Waals surface area contributed by atoms with Crippen molar-refractivity contribution in [1.29, 1.82) is 0 Å². The maximum atomic E-state index is 5.80. The Labute approximate surface area is 70.8 Å². The van der Waals surface area contributed by atoms with Crippen LogP contribution in [0.3, 0.4) is 0 Å². The number of nitrogens with zero attached hydrogens (tertiary/aromatic N) is 1. The monoisotopic (exact) mass is 171 g/mol. The molecular weight excluding hydrogens is 162 g/mol. The van der Waals surface area contributed by atoms with Crippen molar-refractivity contribution in [1.82, 2.24) is 4.98 Å². The van der Waals surface area contributed by atoms with Crippen LogP contribution >= 0.6 is 11.6 Å². The summed E-state index contributed by atoms with van der Waals surface area (Å²) >= 11 is 5.80. The van der Waals surface area contributed by atoms with Crippen molar-refractivity contribution in [3.63, 3.8) is 0 Å². The number of nitrogens with one attached hydrogen (secondary N) is 2. The average Bonchev–Trinajstić information content (AvgIpc) is 2.05. The summed E-state index contributed by atoms with van der Waals surface area (Å²) in [6.45, 7) is 0. The molecular formula is C7H10ClN3. The van der Waals surface area contributed by atoms with Crippen molar-refractivity contribution in [2.45, 2.75) is 0 Å². The van der Waals surface area contributed by atoms with Crippen LogP contribution in [-0.4, -0.2) is 19.1 Å². The zero-order valence-corrected chi connectivity index (χ0v) is 7.24. The predicted octanol–water partition coefficient (Wildman–Crippen LogP) is 1.82. The van der Waals surface area contributed by atoms with Crippen molar-refractivity contribution >= 4 is 23.1 Å². The molecule has 0 fully saturated rings. The lowest BCUT2D eigenvalue weighted by molar-refractivity contribution is 1.28. The number of aromatic nitrogens is 1. The summed E-state index contributed by atoms with van der Waals surface area (Å²) in [6, 6.07) is 1.85. The van der Waals surface area contributed by atoms with E-state index in [2.05, 4.69) is 15.6 Å². The summed E-state index contributed by atoms with van der Waals surface area (Å²) in [7, 11) is 3.64. The number of halogens is 1. The molecule has 0 amide bonds. The van der Waals surface area contributed by atoms with E-state index in [1.165, 1.54) is 0 Å². The Balaban J connectivity index is 3.02. The first-order valence-electron chi connectivity index (χ1n) is 3.29. The lowest BCUT2D eigenvalue weighted by atomic mass is 10.4. The van der Waals surface area contributed by atoms with Crippen LogP contribution in [0, 0.1) is 0 Å². The molecule has 0 aliphatic carbocycles. The highest BCUT2D eigenvalue weighted by Gasteiger charge is 1.98. The van der Waals surface area contributed by atoms with Gasteiger partial charge < -0.3 is 10.6 Å². The second kappa shape index (κ2) is 3.44. The van der Waals surface area contributed by atoms with Crippen molar-refractivity contribution in [2.24, 2.45) is 0 Å². The maximum absolute atomic E-state index is 5.80. The van der Waals surface area contributed by atoms with Crippen LogP contribution in [0.2, 0.25) is 5.02 Å². The van der Waals surface area contributed by atoms with Gasteiger partial charge in [0.2, 0.25) is 0 Å². The van der Waals surface area contributed by atoms with E-state index in [1.807, 2.05) is 20.2 Å². The standard InChI is InChI=1S/C7H10ClN3/c1-9-6-3-7(10-2)11-4-5(6)8/h3-4H,1-2H3,(H2,9,10,11). The number of pyridine rings is 1. The van der Waals surface area contributed by atoms with Gasteiger partial charge in [-0.15, -0.1) is 0 Å². The van der Waals surface area contributed by atoms with Gasteiger partial charge in [-0.05, 0) is 0 Å². The van der Waals surface area contributed by atoms with Gasteiger partial charge in [0.15, 0.2) is 0 Å². The number of hydrogen-bond donors (Lipinski definition) is 2. The SMILES string of the molecule is CNc1cc(NC)c(Cl)cn1. The Morgan fingerprint density at radius 2 is 2.09 bits per heavy atom. The molecule has 0 aliphatic heterocycles. The first-order valence-corrected chi connectivity index (χ1v) is 3.66. The van der Waals surface area contributed by atoms with Crippen molar-refractivity contribution in [3.8, 4) is 0 Å². The van der Waals surface area contributed by atoms with Gasteiger partial charge in [-0.1, -0.05) is 11.6 Å². The van der Waals surface area contributed by atoms with E-state index in [9.17, 15) is 0 Å². The lowest BCUT2D eigenvalue weighted by Crippen LogP contribution is -1.95. The van der Waals surface area contributed by atoms with Crippen LogP contribution in [0.5, 0.6) is 0 Å². The number of hydrogen-bond acceptors (Lipinski definition) is 3. The van der Waals surface area contributed by atoms with Gasteiger partial charge in [0, 0.05) is 26.4 Å². The van der Waals surface area contributed by atoms with E-state index in [0.29, 0.717) is 5.02 Å². The number of rotatable bonds is 2. The molecule has 0 bridgehead atoms. The third-order valence-electron chi connectivity index (χ3n) is 1.38. The Kier molecular flexibility index (Phi) is 2.54. The quantitative estimate of drug-likeness (QED) is 0.713. The molecule has 0 aliphatic rings. The zero-order chi connectivity index (χ0) is 8.27. The van der Waals surface area contributed by atoms with Crippen LogP contribution in [0.1, 0.15) is 0 Å². The Morgan fingerprint density at radius 3 is 2.64 bits per heavy atom. The van der Waals surface area contributed by atoms with Gasteiger partial charge >= 0.3 is 0 Å².